The summed E-state index contributed by atoms with van der Waals surface area (Å²) >= 11 is 1.27. The number of hydrogen-bond acceptors (Lipinski definition) is 9. The molecule has 0 aliphatic rings. The van der Waals surface area contributed by atoms with Gasteiger partial charge in [-0.05, 0) is 12.5 Å². The van der Waals surface area contributed by atoms with E-state index in [9.17, 15) is 14.9 Å². The van der Waals surface area contributed by atoms with Gasteiger partial charge in [0.25, 0.3) is 11.6 Å². The van der Waals surface area contributed by atoms with Gasteiger partial charge in [0.05, 0.1) is 34.9 Å². The van der Waals surface area contributed by atoms with Gasteiger partial charge in [0, 0.05) is 35.3 Å². The maximum Gasteiger partial charge on any atom is 0.292 e. The van der Waals surface area contributed by atoms with Gasteiger partial charge in [-0.3, -0.25) is 14.9 Å². The number of carbonyl (C=O) groups excluding carboxylic acids is 1. The van der Waals surface area contributed by atoms with Crippen molar-refractivity contribution >= 4 is 50.3 Å². The molecule has 168 valence electrons. The van der Waals surface area contributed by atoms with Crippen molar-refractivity contribution in [2.45, 2.75) is 6.92 Å². The van der Waals surface area contributed by atoms with Crippen LogP contribution in [-0.4, -0.2) is 35.0 Å². The molecule has 0 radical (unpaired) electrons. The monoisotopic (exact) mass is 465 g/mol. The molecule has 0 aliphatic carbocycles. The van der Waals surface area contributed by atoms with Crippen LogP contribution in [0.1, 0.15) is 15.9 Å². The Bertz CT molecular complexity index is 1350. The minimum Gasteiger partial charge on any atom is -0.497 e. The maximum atomic E-state index is 13.0. The summed E-state index contributed by atoms with van der Waals surface area (Å²) in [7, 11) is 3.05. The van der Waals surface area contributed by atoms with Gasteiger partial charge in [-0.2, -0.15) is 0 Å². The van der Waals surface area contributed by atoms with E-state index in [1.54, 1.807) is 42.6 Å². The minimum atomic E-state index is -0.455. The molecule has 0 saturated carbocycles. The number of nitro groups is 1. The highest BCUT2D eigenvalue weighted by molar-refractivity contribution is 7.18. The number of para-hydroxylation sites is 1. The van der Waals surface area contributed by atoms with E-state index in [0.29, 0.717) is 50.0 Å². The van der Waals surface area contributed by atoms with Crippen molar-refractivity contribution in [3.05, 3.63) is 69.3 Å². The Balaban J connectivity index is 1.67. The number of carbonyl (C=O) groups is 1. The van der Waals surface area contributed by atoms with Crippen LogP contribution in [-0.2, 0) is 0 Å². The number of hydrogen-bond donors (Lipinski definition) is 2. The SMILES string of the molecule is COc1cc(NC(=O)c2csc3c(Nc4c(C)cccc4[N+](=O)[O-])ncnc23)cc(OC)c1. The predicted octanol–water partition coefficient (Wildman–Crippen LogP) is 4.92. The zero-order valence-corrected chi connectivity index (χ0v) is 18.7. The molecule has 2 heterocycles. The van der Waals surface area contributed by atoms with E-state index >= 15 is 0 Å². The molecule has 0 aliphatic heterocycles. The average molecular weight is 465 g/mol. The molecule has 0 bridgehead atoms. The molecule has 11 heteroatoms. The number of aryl methyl sites for hydroxylation is 1. The molecule has 0 saturated heterocycles. The van der Waals surface area contributed by atoms with Gasteiger partial charge in [-0.25, -0.2) is 9.97 Å². The number of ether oxygens (including phenoxy) is 2. The molecule has 0 spiro atoms. The Kier molecular flexibility index (Phi) is 6.05. The van der Waals surface area contributed by atoms with E-state index in [1.165, 1.54) is 38.0 Å². The molecule has 2 aromatic carbocycles. The Labute approximate surface area is 192 Å². The molecule has 4 rings (SSSR count). The standard InChI is InChI=1S/C22H19N5O5S/c1-12-5-4-6-17(27(29)30)18(12)26-21-20-19(23-11-24-21)16(10-33-20)22(28)25-13-7-14(31-2)9-15(8-13)32-3/h4-11H,1-3H3,(H,25,28)(H,23,24,26). The van der Waals surface area contributed by atoms with Crippen molar-refractivity contribution in [2.24, 2.45) is 0 Å². The van der Waals surface area contributed by atoms with Crippen molar-refractivity contribution in [2.75, 3.05) is 24.9 Å². The van der Waals surface area contributed by atoms with Gasteiger partial charge in [0.15, 0.2) is 5.82 Å². The lowest BCUT2D eigenvalue weighted by Crippen LogP contribution is -2.12. The number of rotatable bonds is 7. The average Bonchev–Trinajstić information content (AvgIpc) is 3.25. The van der Waals surface area contributed by atoms with Crippen molar-refractivity contribution in [3.8, 4) is 11.5 Å². The predicted molar refractivity (Wildman–Crippen MR) is 126 cm³/mol. The Morgan fingerprint density at radius 2 is 1.85 bits per heavy atom. The van der Waals surface area contributed by atoms with E-state index in [2.05, 4.69) is 20.6 Å². The first-order valence-corrected chi connectivity index (χ1v) is 10.6. The molecule has 0 fully saturated rings. The fraction of sp³-hybridized carbons (Fsp3) is 0.136. The smallest absolute Gasteiger partial charge is 0.292 e. The maximum absolute atomic E-state index is 13.0. The molecule has 10 nitrogen and oxygen atoms in total. The molecule has 2 aromatic heterocycles. The highest BCUT2D eigenvalue weighted by atomic mass is 32.1. The van der Waals surface area contributed by atoms with Gasteiger partial charge in [0.1, 0.15) is 23.5 Å². The summed E-state index contributed by atoms with van der Waals surface area (Å²) in [6, 6.07) is 9.86. The van der Waals surface area contributed by atoms with Crippen LogP contribution in [0.4, 0.5) is 22.9 Å². The zero-order chi connectivity index (χ0) is 23.5. The number of anilines is 3. The summed E-state index contributed by atoms with van der Waals surface area (Å²) < 4.78 is 11.1. The number of amides is 1. The van der Waals surface area contributed by atoms with Crippen LogP contribution in [0.25, 0.3) is 10.2 Å². The van der Waals surface area contributed by atoms with Crippen molar-refractivity contribution in [1.82, 2.24) is 9.97 Å². The van der Waals surface area contributed by atoms with Gasteiger partial charge < -0.3 is 20.1 Å². The molecular weight excluding hydrogens is 446 g/mol. The topological polar surface area (TPSA) is 129 Å². The van der Waals surface area contributed by atoms with E-state index in [0.717, 1.165) is 0 Å². The minimum absolute atomic E-state index is 0.0664. The van der Waals surface area contributed by atoms with E-state index in [-0.39, 0.29) is 11.6 Å². The summed E-state index contributed by atoms with van der Waals surface area (Å²) in [5.41, 5.74) is 2.24. The second kappa shape index (κ2) is 9.09. The van der Waals surface area contributed by atoms with E-state index in [1.807, 2.05) is 0 Å². The van der Waals surface area contributed by atoms with Gasteiger partial charge in [-0.1, -0.05) is 12.1 Å². The van der Waals surface area contributed by atoms with Crippen molar-refractivity contribution < 1.29 is 19.2 Å². The zero-order valence-electron chi connectivity index (χ0n) is 17.9. The number of fused-ring (bicyclic) bond motifs is 1. The van der Waals surface area contributed by atoms with Crippen LogP contribution in [0.3, 0.4) is 0 Å². The van der Waals surface area contributed by atoms with Crippen LogP contribution in [0.5, 0.6) is 11.5 Å². The van der Waals surface area contributed by atoms with Crippen LogP contribution in [0.15, 0.2) is 48.1 Å². The fourth-order valence-electron chi connectivity index (χ4n) is 3.26. The highest BCUT2D eigenvalue weighted by Crippen LogP contribution is 2.35. The molecule has 0 atom stereocenters. The highest BCUT2D eigenvalue weighted by Gasteiger charge is 2.20. The summed E-state index contributed by atoms with van der Waals surface area (Å²) in [5.74, 6) is 1.08. The fourth-order valence-corrected chi connectivity index (χ4v) is 4.21. The van der Waals surface area contributed by atoms with E-state index in [4.69, 9.17) is 9.47 Å². The van der Waals surface area contributed by atoms with Gasteiger partial charge >= 0.3 is 0 Å². The Hall–Kier alpha value is -4.25. The summed E-state index contributed by atoms with van der Waals surface area (Å²) in [4.78, 5) is 32.5. The second-order valence-corrected chi connectivity index (χ2v) is 7.84. The normalized spacial score (nSPS) is 10.6. The summed E-state index contributed by atoms with van der Waals surface area (Å²) in [6.45, 7) is 1.77. The number of nitro benzene ring substituents is 1. The summed E-state index contributed by atoms with van der Waals surface area (Å²) in [5, 5.41) is 19.0. The molecule has 2 N–H and O–H groups in total. The van der Waals surface area contributed by atoms with Crippen molar-refractivity contribution in [1.29, 1.82) is 0 Å². The third kappa shape index (κ3) is 4.39. The van der Waals surface area contributed by atoms with Crippen LogP contribution in [0, 0.1) is 17.0 Å². The Morgan fingerprint density at radius 3 is 2.52 bits per heavy atom. The molecular formula is C22H19N5O5S. The number of thiophene rings is 1. The third-order valence-electron chi connectivity index (χ3n) is 4.90. The van der Waals surface area contributed by atoms with Crippen molar-refractivity contribution in [3.63, 3.8) is 0 Å². The first-order chi connectivity index (χ1) is 15.9. The Morgan fingerprint density at radius 1 is 1.12 bits per heavy atom. The molecule has 0 unspecified atom stereocenters. The number of aromatic nitrogens is 2. The first kappa shape index (κ1) is 22.0. The quantitative estimate of drug-likeness (QED) is 0.291. The van der Waals surface area contributed by atoms with Crippen LogP contribution in [0.2, 0.25) is 0 Å². The van der Waals surface area contributed by atoms with Gasteiger partial charge in [-0.15, -0.1) is 11.3 Å². The number of benzene rings is 2. The molecule has 4 aromatic rings. The lowest BCUT2D eigenvalue weighted by Gasteiger charge is -2.10. The lowest BCUT2D eigenvalue weighted by atomic mass is 10.1. The molecule has 33 heavy (non-hydrogen) atoms. The summed E-state index contributed by atoms with van der Waals surface area (Å²) in [6.07, 6.45) is 1.31. The lowest BCUT2D eigenvalue weighted by molar-refractivity contribution is -0.384. The van der Waals surface area contributed by atoms with Crippen LogP contribution < -0.4 is 20.1 Å². The van der Waals surface area contributed by atoms with Gasteiger partial charge in [0.2, 0.25) is 0 Å². The number of nitrogens with zero attached hydrogens (tertiary/aromatic N) is 3. The molecule has 1 amide bonds. The third-order valence-corrected chi connectivity index (χ3v) is 5.87. The largest absolute Gasteiger partial charge is 0.497 e. The number of methoxy groups -OCH3 is 2. The second-order valence-electron chi connectivity index (χ2n) is 6.96. The number of nitrogens with one attached hydrogen (secondary N) is 2. The van der Waals surface area contributed by atoms with Crippen LogP contribution >= 0.6 is 11.3 Å². The first-order valence-electron chi connectivity index (χ1n) is 9.69. The van der Waals surface area contributed by atoms with E-state index < -0.39 is 4.92 Å².